The Morgan fingerprint density at radius 1 is 1.35 bits per heavy atom. The predicted octanol–water partition coefficient (Wildman–Crippen LogP) is 2.77. The van der Waals surface area contributed by atoms with Gasteiger partial charge in [0.1, 0.15) is 5.56 Å². The molecule has 1 fully saturated rings. The zero-order valence-electron chi connectivity index (χ0n) is 14.2. The summed E-state index contributed by atoms with van der Waals surface area (Å²) in [6, 6.07) is 1.58. The lowest BCUT2D eigenvalue weighted by Crippen LogP contribution is -2.44. The summed E-state index contributed by atoms with van der Waals surface area (Å²) < 4.78 is 1.86. The first-order valence-electron chi connectivity index (χ1n) is 8.27. The van der Waals surface area contributed by atoms with Crippen molar-refractivity contribution in [1.82, 2.24) is 9.88 Å². The van der Waals surface area contributed by atoms with Crippen LogP contribution in [0.15, 0.2) is 23.1 Å². The van der Waals surface area contributed by atoms with Gasteiger partial charge in [-0.15, -0.1) is 12.4 Å². The third kappa shape index (κ3) is 2.78. The molecule has 2 aromatic rings. The van der Waals surface area contributed by atoms with Crippen LogP contribution in [0.25, 0.3) is 17.0 Å². The first-order chi connectivity index (χ1) is 12.0. The topological polar surface area (TPSA) is 74.6 Å². The van der Waals surface area contributed by atoms with E-state index in [-0.39, 0.29) is 24.0 Å². The summed E-state index contributed by atoms with van der Waals surface area (Å²) in [5.74, 6) is -1.22. The van der Waals surface area contributed by atoms with Crippen LogP contribution in [0.2, 0.25) is 5.02 Å². The second-order valence-electron chi connectivity index (χ2n) is 6.44. The Labute approximate surface area is 161 Å². The number of benzene rings is 1. The van der Waals surface area contributed by atoms with Crippen molar-refractivity contribution in [2.45, 2.75) is 13.0 Å². The number of rotatable bonds is 2. The standard InChI is InChI=1S/C18H18ClN3O3.ClH/c1-10-2-3-11-15-12(17(23)13(18(24)25)9-22(10)15)8-14(19)16(11)21-6-4-20-5-7-21;/h2-3,8-10,20H,4-7H2,1H3,(H,24,25);1H. The van der Waals surface area contributed by atoms with Crippen molar-refractivity contribution in [3.8, 4) is 0 Å². The van der Waals surface area contributed by atoms with Crippen LogP contribution in [-0.4, -0.2) is 41.8 Å². The number of anilines is 1. The molecule has 6 nitrogen and oxygen atoms in total. The third-order valence-electron chi connectivity index (χ3n) is 4.92. The van der Waals surface area contributed by atoms with Crippen LogP contribution in [0, 0.1) is 0 Å². The summed E-state index contributed by atoms with van der Waals surface area (Å²) in [4.78, 5) is 26.3. The number of carboxylic acids is 1. The molecular formula is C18H19Cl2N3O3. The van der Waals surface area contributed by atoms with E-state index in [2.05, 4.69) is 10.2 Å². The monoisotopic (exact) mass is 395 g/mol. The van der Waals surface area contributed by atoms with E-state index in [1.165, 1.54) is 6.20 Å². The van der Waals surface area contributed by atoms with Gasteiger partial charge in [0.25, 0.3) is 0 Å². The second kappa shape index (κ2) is 6.95. The van der Waals surface area contributed by atoms with Gasteiger partial charge in [-0.05, 0) is 13.0 Å². The van der Waals surface area contributed by atoms with Crippen molar-refractivity contribution in [2.75, 3.05) is 31.1 Å². The predicted molar refractivity (Wildman–Crippen MR) is 106 cm³/mol. The average molecular weight is 396 g/mol. The van der Waals surface area contributed by atoms with Gasteiger partial charge in [0, 0.05) is 49.4 Å². The molecule has 0 aliphatic carbocycles. The second-order valence-corrected chi connectivity index (χ2v) is 6.85. The first kappa shape index (κ1) is 18.8. The van der Waals surface area contributed by atoms with Crippen molar-refractivity contribution in [1.29, 1.82) is 0 Å². The van der Waals surface area contributed by atoms with E-state index in [9.17, 15) is 14.7 Å². The van der Waals surface area contributed by atoms with Crippen LogP contribution in [0.4, 0.5) is 5.69 Å². The number of hydrogen-bond donors (Lipinski definition) is 2. The minimum atomic E-state index is -1.22. The molecule has 0 bridgehead atoms. The number of nitrogens with zero attached hydrogens (tertiary/aromatic N) is 2. The molecule has 2 aliphatic rings. The Hall–Kier alpha value is -2.02. The number of hydrogen-bond acceptors (Lipinski definition) is 4. The minimum absolute atomic E-state index is 0. The number of aromatic carboxylic acids is 1. The van der Waals surface area contributed by atoms with Crippen LogP contribution >= 0.6 is 24.0 Å². The molecule has 1 unspecified atom stereocenters. The SMILES string of the molecule is CC1C=Cc2c(N3CCNCC3)c(Cl)cc3c(=O)c(C(=O)O)cn1c23.Cl. The van der Waals surface area contributed by atoms with E-state index in [0.29, 0.717) is 10.4 Å². The molecule has 1 atom stereocenters. The molecule has 2 aliphatic heterocycles. The fourth-order valence-electron chi connectivity index (χ4n) is 3.68. The van der Waals surface area contributed by atoms with Gasteiger partial charge in [-0.3, -0.25) is 4.79 Å². The largest absolute Gasteiger partial charge is 0.477 e. The van der Waals surface area contributed by atoms with E-state index in [4.69, 9.17) is 11.6 Å². The van der Waals surface area contributed by atoms with E-state index in [1.807, 2.05) is 23.6 Å². The van der Waals surface area contributed by atoms with Gasteiger partial charge in [-0.2, -0.15) is 0 Å². The number of pyridine rings is 1. The Morgan fingerprint density at radius 3 is 2.69 bits per heavy atom. The Bertz CT molecular complexity index is 978. The summed E-state index contributed by atoms with van der Waals surface area (Å²) in [5, 5.41) is 13.5. The van der Waals surface area contributed by atoms with Crippen LogP contribution in [0.5, 0.6) is 0 Å². The summed E-state index contributed by atoms with van der Waals surface area (Å²) in [6.07, 6.45) is 5.44. The van der Waals surface area contributed by atoms with Crippen molar-refractivity contribution in [2.24, 2.45) is 0 Å². The molecular weight excluding hydrogens is 377 g/mol. The quantitative estimate of drug-likeness (QED) is 0.817. The normalized spacial score (nSPS) is 18.7. The lowest BCUT2D eigenvalue weighted by Gasteiger charge is -2.33. The first-order valence-corrected chi connectivity index (χ1v) is 8.65. The molecule has 1 aromatic heterocycles. The molecule has 3 heterocycles. The maximum absolute atomic E-state index is 12.7. The minimum Gasteiger partial charge on any atom is -0.477 e. The lowest BCUT2D eigenvalue weighted by molar-refractivity contribution is 0.0695. The number of nitrogens with one attached hydrogen (secondary N) is 1. The van der Waals surface area contributed by atoms with Crippen molar-refractivity contribution >= 4 is 52.6 Å². The zero-order chi connectivity index (χ0) is 17.7. The highest BCUT2D eigenvalue weighted by Crippen LogP contribution is 2.39. The third-order valence-corrected chi connectivity index (χ3v) is 5.21. The van der Waals surface area contributed by atoms with Gasteiger partial charge < -0.3 is 19.9 Å². The highest BCUT2D eigenvalue weighted by molar-refractivity contribution is 6.35. The number of carbonyl (C=O) groups is 1. The smallest absolute Gasteiger partial charge is 0.341 e. The number of carboxylic acid groups (broad SMARTS) is 1. The maximum atomic E-state index is 12.7. The molecule has 0 saturated carbocycles. The Balaban J connectivity index is 0.00000196. The highest BCUT2D eigenvalue weighted by atomic mass is 35.5. The van der Waals surface area contributed by atoms with Crippen molar-refractivity contribution in [3.63, 3.8) is 0 Å². The fraction of sp³-hybridized carbons (Fsp3) is 0.333. The van der Waals surface area contributed by atoms with E-state index >= 15 is 0 Å². The van der Waals surface area contributed by atoms with Crippen LogP contribution in [-0.2, 0) is 0 Å². The maximum Gasteiger partial charge on any atom is 0.341 e. The van der Waals surface area contributed by atoms with E-state index in [0.717, 1.165) is 42.9 Å². The van der Waals surface area contributed by atoms with Crippen LogP contribution in [0.1, 0.15) is 28.9 Å². The van der Waals surface area contributed by atoms with Gasteiger partial charge in [0.15, 0.2) is 0 Å². The van der Waals surface area contributed by atoms with Crippen LogP contribution < -0.4 is 15.6 Å². The average Bonchev–Trinajstić information content (AvgIpc) is 2.60. The van der Waals surface area contributed by atoms with Gasteiger partial charge in [-0.1, -0.05) is 23.8 Å². The van der Waals surface area contributed by atoms with Gasteiger partial charge >= 0.3 is 5.97 Å². The highest BCUT2D eigenvalue weighted by Gasteiger charge is 2.26. The molecule has 1 saturated heterocycles. The number of aromatic nitrogens is 1. The van der Waals surface area contributed by atoms with Gasteiger partial charge in [0.2, 0.25) is 5.43 Å². The van der Waals surface area contributed by atoms with Gasteiger partial charge in [-0.25, -0.2) is 4.79 Å². The molecule has 8 heteroatoms. The summed E-state index contributed by atoms with van der Waals surface area (Å²) >= 11 is 6.55. The molecule has 4 rings (SSSR count). The molecule has 0 radical (unpaired) electrons. The molecule has 0 amide bonds. The van der Waals surface area contributed by atoms with Gasteiger partial charge in [0.05, 0.1) is 16.2 Å². The lowest BCUT2D eigenvalue weighted by atomic mass is 9.98. The summed E-state index contributed by atoms with van der Waals surface area (Å²) in [5.41, 5.74) is 1.83. The number of piperazine rings is 1. The van der Waals surface area contributed by atoms with E-state index in [1.54, 1.807) is 6.07 Å². The van der Waals surface area contributed by atoms with Crippen molar-refractivity contribution in [3.05, 3.63) is 44.7 Å². The zero-order valence-corrected chi connectivity index (χ0v) is 15.7. The Morgan fingerprint density at radius 2 is 2.04 bits per heavy atom. The fourth-order valence-corrected chi connectivity index (χ4v) is 4.01. The molecule has 2 N–H and O–H groups in total. The molecule has 138 valence electrons. The van der Waals surface area contributed by atoms with Crippen LogP contribution in [0.3, 0.4) is 0 Å². The van der Waals surface area contributed by atoms with E-state index < -0.39 is 11.4 Å². The number of allylic oxidation sites excluding steroid dienone is 1. The number of halogens is 2. The van der Waals surface area contributed by atoms with Crippen molar-refractivity contribution < 1.29 is 9.90 Å². The Kier molecular flexibility index (Phi) is 5.01. The molecule has 0 spiro atoms. The molecule has 26 heavy (non-hydrogen) atoms. The summed E-state index contributed by atoms with van der Waals surface area (Å²) in [7, 11) is 0. The summed E-state index contributed by atoms with van der Waals surface area (Å²) in [6.45, 7) is 5.38. The molecule has 1 aromatic carbocycles.